The van der Waals surface area contributed by atoms with Gasteiger partial charge in [0.1, 0.15) is 0 Å². The van der Waals surface area contributed by atoms with Crippen LogP contribution in [-0.4, -0.2) is 44.2 Å². The van der Waals surface area contributed by atoms with E-state index >= 15 is 0 Å². The fourth-order valence-electron chi connectivity index (χ4n) is 1.56. The van der Waals surface area contributed by atoms with Gasteiger partial charge in [-0.2, -0.15) is 0 Å². The van der Waals surface area contributed by atoms with Crippen LogP contribution in [-0.2, 0) is 4.74 Å². The average Bonchev–Trinajstić information content (AvgIpc) is 2.20. The highest BCUT2D eigenvalue weighted by atomic mass is 16.5. The zero-order valence-electron chi connectivity index (χ0n) is 11.9. The Morgan fingerprint density at radius 2 is 2.06 bits per heavy atom. The zero-order chi connectivity index (χ0) is 13.3. The van der Waals surface area contributed by atoms with E-state index in [2.05, 4.69) is 31.2 Å². The van der Waals surface area contributed by atoms with Gasteiger partial charge in [-0.05, 0) is 18.8 Å². The topological polar surface area (TPSA) is 62.9 Å². The van der Waals surface area contributed by atoms with E-state index in [0.717, 1.165) is 38.7 Å². The number of aliphatic imine (C=N–C) groups is 1. The number of rotatable bonds is 6. The van der Waals surface area contributed by atoms with Gasteiger partial charge in [0, 0.05) is 33.4 Å². The van der Waals surface area contributed by atoms with Crippen molar-refractivity contribution in [3.8, 4) is 0 Å². The Kier molecular flexibility index (Phi) is 7.91. The number of hydrogen-bond donors (Lipinski definition) is 2. The summed E-state index contributed by atoms with van der Waals surface area (Å²) in [6.45, 7) is 11.7. The molecule has 0 aliphatic heterocycles. The van der Waals surface area contributed by atoms with Crippen LogP contribution in [0.4, 0.5) is 0 Å². The molecular weight excluding hydrogens is 216 g/mol. The molecule has 0 aromatic heterocycles. The molecule has 5 nitrogen and oxygen atoms in total. The highest BCUT2D eigenvalue weighted by molar-refractivity contribution is 5.79. The lowest BCUT2D eigenvalue weighted by Crippen LogP contribution is -2.45. The van der Waals surface area contributed by atoms with Crippen LogP contribution >= 0.6 is 0 Å². The summed E-state index contributed by atoms with van der Waals surface area (Å²) in [6, 6.07) is 0. The summed E-state index contributed by atoms with van der Waals surface area (Å²) in [5.74, 6) is 6.21. The normalized spacial score (nSPS) is 12.7. The third-order valence-corrected chi connectivity index (χ3v) is 2.11. The van der Waals surface area contributed by atoms with E-state index in [-0.39, 0.29) is 5.41 Å². The molecule has 0 rings (SSSR count). The van der Waals surface area contributed by atoms with E-state index in [0.29, 0.717) is 0 Å². The summed E-state index contributed by atoms with van der Waals surface area (Å²) in [4.78, 5) is 6.47. The quantitative estimate of drug-likeness (QED) is 0.242. The Labute approximate surface area is 105 Å². The van der Waals surface area contributed by atoms with Gasteiger partial charge in [0.2, 0.25) is 5.96 Å². The molecule has 0 saturated carbocycles. The predicted octanol–water partition coefficient (Wildman–Crippen LogP) is 1.21. The molecule has 0 fully saturated rings. The summed E-state index contributed by atoms with van der Waals surface area (Å²) in [5.41, 5.74) is 2.87. The Balaban J connectivity index is 4.07. The van der Waals surface area contributed by atoms with Gasteiger partial charge in [-0.3, -0.25) is 10.4 Å². The summed E-state index contributed by atoms with van der Waals surface area (Å²) in [5, 5.41) is 0. The highest BCUT2D eigenvalue weighted by Gasteiger charge is 2.15. The largest absolute Gasteiger partial charge is 0.382 e. The predicted molar refractivity (Wildman–Crippen MR) is 72.8 cm³/mol. The van der Waals surface area contributed by atoms with Gasteiger partial charge in [0.25, 0.3) is 0 Å². The summed E-state index contributed by atoms with van der Waals surface area (Å²) in [6.07, 6.45) is 0.919. The van der Waals surface area contributed by atoms with Crippen molar-refractivity contribution < 1.29 is 4.74 Å². The van der Waals surface area contributed by atoms with Gasteiger partial charge in [-0.15, -0.1) is 0 Å². The van der Waals surface area contributed by atoms with Gasteiger partial charge < -0.3 is 9.64 Å². The van der Waals surface area contributed by atoms with E-state index in [1.165, 1.54) is 0 Å². The standard InChI is InChI=1S/C12H28N4O/c1-6-17-9-7-8-14-11(15-13)16(5)10-12(2,3)4/h6-10,13H2,1-5H3,(H,14,15). The zero-order valence-corrected chi connectivity index (χ0v) is 11.9. The fraction of sp³-hybridized carbons (Fsp3) is 0.917. The SMILES string of the molecule is CCOCCCN=C(NN)N(C)CC(C)(C)C. The molecule has 5 heteroatoms. The monoisotopic (exact) mass is 244 g/mol. The van der Waals surface area contributed by atoms with Crippen LogP contribution in [0.5, 0.6) is 0 Å². The van der Waals surface area contributed by atoms with Crippen molar-refractivity contribution in [2.75, 3.05) is 33.4 Å². The minimum atomic E-state index is 0.220. The molecular formula is C12H28N4O. The Morgan fingerprint density at radius 1 is 1.41 bits per heavy atom. The maximum atomic E-state index is 5.48. The van der Waals surface area contributed by atoms with Crippen LogP contribution in [0.15, 0.2) is 4.99 Å². The maximum Gasteiger partial charge on any atom is 0.208 e. The van der Waals surface area contributed by atoms with Crippen LogP contribution in [0.2, 0.25) is 0 Å². The van der Waals surface area contributed by atoms with Crippen LogP contribution in [0, 0.1) is 5.41 Å². The molecule has 0 heterocycles. The fourth-order valence-corrected chi connectivity index (χ4v) is 1.56. The molecule has 0 unspecified atom stereocenters. The first-order valence-electron chi connectivity index (χ1n) is 6.20. The van der Waals surface area contributed by atoms with Crippen molar-refractivity contribution in [2.24, 2.45) is 16.3 Å². The Hall–Kier alpha value is -0.810. The van der Waals surface area contributed by atoms with E-state index < -0.39 is 0 Å². The van der Waals surface area contributed by atoms with E-state index in [1.54, 1.807) is 0 Å². The Bertz CT molecular complexity index is 223. The first kappa shape index (κ1) is 16.2. The maximum absolute atomic E-state index is 5.48. The lowest BCUT2D eigenvalue weighted by Gasteiger charge is -2.28. The van der Waals surface area contributed by atoms with E-state index in [1.807, 2.05) is 18.9 Å². The van der Waals surface area contributed by atoms with Crippen molar-refractivity contribution >= 4 is 5.96 Å². The van der Waals surface area contributed by atoms with E-state index in [4.69, 9.17) is 10.6 Å². The number of hydrazine groups is 1. The number of nitrogens with zero attached hydrogens (tertiary/aromatic N) is 2. The molecule has 0 aliphatic rings. The number of ether oxygens (including phenoxy) is 1. The number of nitrogens with two attached hydrogens (primary N) is 1. The first-order valence-corrected chi connectivity index (χ1v) is 6.20. The average molecular weight is 244 g/mol. The van der Waals surface area contributed by atoms with Crippen molar-refractivity contribution in [1.82, 2.24) is 10.3 Å². The third-order valence-electron chi connectivity index (χ3n) is 2.11. The molecule has 3 N–H and O–H groups in total. The molecule has 0 bridgehead atoms. The third kappa shape index (κ3) is 8.94. The molecule has 0 atom stereocenters. The second kappa shape index (κ2) is 8.31. The number of hydrogen-bond acceptors (Lipinski definition) is 3. The smallest absolute Gasteiger partial charge is 0.208 e. The van der Waals surface area contributed by atoms with Crippen LogP contribution in [0.3, 0.4) is 0 Å². The highest BCUT2D eigenvalue weighted by Crippen LogP contribution is 2.13. The molecule has 17 heavy (non-hydrogen) atoms. The number of nitrogens with one attached hydrogen (secondary N) is 1. The van der Waals surface area contributed by atoms with Crippen molar-refractivity contribution in [1.29, 1.82) is 0 Å². The van der Waals surface area contributed by atoms with Gasteiger partial charge in [0.15, 0.2) is 0 Å². The second-order valence-corrected chi connectivity index (χ2v) is 5.32. The molecule has 0 saturated heterocycles. The van der Waals surface area contributed by atoms with Gasteiger partial charge in [0.05, 0.1) is 0 Å². The van der Waals surface area contributed by atoms with Crippen LogP contribution in [0.25, 0.3) is 0 Å². The molecule has 0 amide bonds. The van der Waals surface area contributed by atoms with Gasteiger partial charge >= 0.3 is 0 Å². The second-order valence-electron chi connectivity index (χ2n) is 5.32. The lowest BCUT2D eigenvalue weighted by atomic mass is 9.96. The van der Waals surface area contributed by atoms with Gasteiger partial charge in [-0.25, -0.2) is 5.84 Å². The molecule has 102 valence electrons. The van der Waals surface area contributed by atoms with Gasteiger partial charge in [-0.1, -0.05) is 20.8 Å². The van der Waals surface area contributed by atoms with Crippen molar-refractivity contribution in [3.63, 3.8) is 0 Å². The lowest BCUT2D eigenvalue weighted by molar-refractivity contribution is 0.146. The summed E-state index contributed by atoms with van der Waals surface area (Å²) in [7, 11) is 1.99. The van der Waals surface area contributed by atoms with Crippen LogP contribution < -0.4 is 11.3 Å². The minimum Gasteiger partial charge on any atom is -0.382 e. The Morgan fingerprint density at radius 3 is 2.53 bits per heavy atom. The van der Waals surface area contributed by atoms with E-state index in [9.17, 15) is 0 Å². The molecule has 0 aliphatic carbocycles. The van der Waals surface area contributed by atoms with Crippen molar-refractivity contribution in [3.05, 3.63) is 0 Å². The molecule has 0 aromatic carbocycles. The first-order chi connectivity index (χ1) is 7.90. The minimum absolute atomic E-state index is 0.220. The summed E-state index contributed by atoms with van der Waals surface area (Å²) >= 11 is 0. The van der Waals surface area contributed by atoms with Crippen molar-refractivity contribution in [2.45, 2.75) is 34.1 Å². The number of guanidine groups is 1. The molecule has 0 spiro atoms. The van der Waals surface area contributed by atoms with Crippen LogP contribution in [0.1, 0.15) is 34.1 Å². The molecule has 0 radical (unpaired) electrons. The summed E-state index contributed by atoms with van der Waals surface area (Å²) < 4.78 is 5.26. The molecule has 0 aromatic rings.